The minimum Gasteiger partial charge on any atom is -0.380 e. The molecule has 0 amide bonds. The van der Waals surface area contributed by atoms with Gasteiger partial charge in [0.1, 0.15) is 0 Å². The summed E-state index contributed by atoms with van der Waals surface area (Å²) in [6, 6.07) is 6.32. The average molecular weight is 260 g/mol. The maximum Gasteiger partial charge on any atom is 0.0620 e. The third-order valence-electron chi connectivity index (χ3n) is 2.80. The van der Waals surface area contributed by atoms with Crippen LogP contribution in [0.3, 0.4) is 0 Å². The van der Waals surface area contributed by atoms with Crippen molar-refractivity contribution in [3.63, 3.8) is 0 Å². The van der Waals surface area contributed by atoms with Crippen molar-refractivity contribution in [3.05, 3.63) is 33.8 Å². The molecule has 0 spiro atoms. The van der Waals surface area contributed by atoms with Gasteiger partial charge in [0.2, 0.25) is 0 Å². The van der Waals surface area contributed by atoms with E-state index in [2.05, 4.69) is 12.2 Å². The van der Waals surface area contributed by atoms with Gasteiger partial charge in [-0.2, -0.15) is 0 Å². The zero-order valence-corrected chi connectivity index (χ0v) is 10.7. The Balaban J connectivity index is 2.04. The first kappa shape index (κ1) is 12.2. The second-order valence-electron chi connectivity index (χ2n) is 4.15. The Hall–Kier alpha value is -0.280. The molecule has 0 radical (unpaired) electrons. The molecule has 1 N–H and O–H groups in total. The smallest absolute Gasteiger partial charge is 0.0620 e. The predicted octanol–water partition coefficient (Wildman–Crippen LogP) is 3.43. The molecule has 1 aromatic carbocycles. The molecular formula is C12H15Cl2NO. The molecule has 0 aromatic heterocycles. The normalized spacial score (nSPS) is 22.3. The predicted molar refractivity (Wildman–Crippen MR) is 67.2 cm³/mol. The van der Waals surface area contributed by atoms with Crippen molar-refractivity contribution in [2.45, 2.75) is 25.4 Å². The summed E-state index contributed by atoms with van der Waals surface area (Å²) in [6.45, 7) is 3.75. The van der Waals surface area contributed by atoms with Crippen LogP contribution in [-0.4, -0.2) is 19.3 Å². The maximum absolute atomic E-state index is 5.97. The first-order chi connectivity index (χ1) is 7.65. The summed E-state index contributed by atoms with van der Waals surface area (Å²) >= 11 is 11.9. The molecule has 4 heteroatoms. The lowest BCUT2D eigenvalue weighted by Gasteiger charge is -2.19. The lowest BCUT2D eigenvalue weighted by Crippen LogP contribution is -2.31. The largest absolute Gasteiger partial charge is 0.380 e. The zero-order valence-electron chi connectivity index (χ0n) is 9.17. The summed E-state index contributed by atoms with van der Waals surface area (Å²) in [7, 11) is 0. The Bertz CT molecular complexity index is 344. The van der Waals surface area contributed by atoms with E-state index in [1.54, 1.807) is 6.07 Å². The number of ether oxygens (including phenoxy) is 1. The van der Waals surface area contributed by atoms with Gasteiger partial charge in [-0.05, 0) is 37.1 Å². The Kier molecular flexibility index (Phi) is 4.09. The van der Waals surface area contributed by atoms with Crippen molar-refractivity contribution in [2.75, 3.05) is 13.2 Å². The van der Waals surface area contributed by atoms with Crippen LogP contribution in [0.4, 0.5) is 0 Å². The van der Waals surface area contributed by atoms with Gasteiger partial charge in [-0.1, -0.05) is 23.2 Å². The highest BCUT2D eigenvalue weighted by molar-refractivity contribution is 6.34. The standard InChI is InChI=1S/C12H15Cl2NO/c1-8(15-12-2-3-16-7-12)9-4-10(13)6-11(14)5-9/h4-6,8,12,15H,2-3,7H2,1H3. The molecule has 0 aliphatic carbocycles. The summed E-state index contributed by atoms with van der Waals surface area (Å²) in [6.07, 6.45) is 1.07. The fourth-order valence-electron chi connectivity index (χ4n) is 1.94. The van der Waals surface area contributed by atoms with E-state index in [1.165, 1.54) is 0 Å². The molecule has 88 valence electrons. The van der Waals surface area contributed by atoms with Gasteiger partial charge in [0.25, 0.3) is 0 Å². The second-order valence-corrected chi connectivity index (χ2v) is 5.02. The second kappa shape index (κ2) is 5.37. The average Bonchev–Trinajstić information content (AvgIpc) is 2.68. The van der Waals surface area contributed by atoms with E-state index in [1.807, 2.05) is 12.1 Å². The quantitative estimate of drug-likeness (QED) is 0.898. The first-order valence-electron chi connectivity index (χ1n) is 5.45. The third-order valence-corrected chi connectivity index (χ3v) is 3.24. The molecule has 16 heavy (non-hydrogen) atoms. The summed E-state index contributed by atoms with van der Waals surface area (Å²) in [5.41, 5.74) is 1.12. The molecule has 1 saturated heterocycles. The van der Waals surface area contributed by atoms with Crippen molar-refractivity contribution in [3.8, 4) is 0 Å². The van der Waals surface area contributed by atoms with Crippen LogP contribution in [0.15, 0.2) is 18.2 Å². The highest BCUT2D eigenvalue weighted by Crippen LogP contribution is 2.24. The van der Waals surface area contributed by atoms with E-state index in [0.717, 1.165) is 25.2 Å². The zero-order chi connectivity index (χ0) is 11.5. The molecule has 0 saturated carbocycles. The number of nitrogens with one attached hydrogen (secondary N) is 1. The molecular weight excluding hydrogens is 245 g/mol. The van der Waals surface area contributed by atoms with E-state index in [-0.39, 0.29) is 6.04 Å². The topological polar surface area (TPSA) is 21.3 Å². The molecule has 2 atom stereocenters. The molecule has 2 nitrogen and oxygen atoms in total. The summed E-state index contributed by atoms with van der Waals surface area (Å²) in [4.78, 5) is 0. The fourth-order valence-corrected chi connectivity index (χ4v) is 2.48. The fraction of sp³-hybridized carbons (Fsp3) is 0.500. The number of hydrogen-bond donors (Lipinski definition) is 1. The van der Waals surface area contributed by atoms with Crippen molar-refractivity contribution < 1.29 is 4.74 Å². The van der Waals surface area contributed by atoms with Gasteiger partial charge in [0.05, 0.1) is 6.61 Å². The Labute approximate surface area is 106 Å². The van der Waals surface area contributed by atoms with Gasteiger partial charge in [0, 0.05) is 28.7 Å². The van der Waals surface area contributed by atoms with Gasteiger partial charge in [-0.25, -0.2) is 0 Å². The van der Waals surface area contributed by atoms with Crippen molar-refractivity contribution in [2.24, 2.45) is 0 Å². The molecule has 1 aromatic rings. The van der Waals surface area contributed by atoms with Crippen LogP contribution >= 0.6 is 23.2 Å². The molecule has 1 aliphatic rings. The number of benzene rings is 1. The lowest BCUT2D eigenvalue weighted by atomic mass is 10.1. The lowest BCUT2D eigenvalue weighted by molar-refractivity contribution is 0.188. The van der Waals surface area contributed by atoms with Crippen LogP contribution in [-0.2, 0) is 4.74 Å². The number of hydrogen-bond acceptors (Lipinski definition) is 2. The SMILES string of the molecule is CC(NC1CCOC1)c1cc(Cl)cc(Cl)c1. The molecule has 2 rings (SSSR count). The van der Waals surface area contributed by atoms with E-state index in [9.17, 15) is 0 Å². The first-order valence-corrected chi connectivity index (χ1v) is 6.20. The van der Waals surface area contributed by atoms with Gasteiger partial charge >= 0.3 is 0 Å². The van der Waals surface area contributed by atoms with Crippen molar-refractivity contribution in [1.82, 2.24) is 5.32 Å². The van der Waals surface area contributed by atoms with Crippen LogP contribution in [0.2, 0.25) is 10.0 Å². The Morgan fingerprint density at radius 1 is 1.31 bits per heavy atom. The van der Waals surface area contributed by atoms with Gasteiger partial charge in [0.15, 0.2) is 0 Å². The maximum atomic E-state index is 5.97. The Morgan fingerprint density at radius 2 is 2.00 bits per heavy atom. The molecule has 0 bridgehead atoms. The summed E-state index contributed by atoms with van der Waals surface area (Å²) in [5.74, 6) is 0. The molecule has 1 aliphatic heterocycles. The van der Waals surface area contributed by atoms with Crippen LogP contribution in [0.1, 0.15) is 24.9 Å². The van der Waals surface area contributed by atoms with Crippen molar-refractivity contribution in [1.29, 1.82) is 0 Å². The van der Waals surface area contributed by atoms with E-state index >= 15 is 0 Å². The number of halogens is 2. The summed E-state index contributed by atoms with van der Waals surface area (Å²) < 4.78 is 5.33. The molecule has 1 fully saturated rings. The highest BCUT2D eigenvalue weighted by atomic mass is 35.5. The Morgan fingerprint density at radius 3 is 2.56 bits per heavy atom. The van der Waals surface area contributed by atoms with Gasteiger partial charge < -0.3 is 10.1 Å². The molecule has 2 unspecified atom stereocenters. The van der Waals surface area contributed by atoms with E-state index in [0.29, 0.717) is 16.1 Å². The minimum atomic E-state index is 0.239. The highest BCUT2D eigenvalue weighted by Gasteiger charge is 2.18. The van der Waals surface area contributed by atoms with Crippen LogP contribution in [0.5, 0.6) is 0 Å². The molecule has 1 heterocycles. The number of rotatable bonds is 3. The van der Waals surface area contributed by atoms with Gasteiger partial charge in [-0.3, -0.25) is 0 Å². The summed E-state index contributed by atoms with van der Waals surface area (Å²) in [5, 5.41) is 4.87. The third kappa shape index (κ3) is 3.11. The van der Waals surface area contributed by atoms with E-state index < -0.39 is 0 Å². The van der Waals surface area contributed by atoms with Crippen LogP contribution < -0.4 is 5.32 Å². The van der Waals surface area contributed by atoms with Gasteiger partial charge in [-0.15, -0.1) is 0 Å². The van der Waals surface area contributed by atoms with Crippen LogP contribution in [0.25, 0.3) is 0 Å². The van der Waals surface area contributed by atoms with E-state index in [4.69, 9.17) is 27.9 Å². The minimum absolute atomic E-state index is 0.239. The van der Waals surface area contributed by atoms with Crippen LogP contribution in [0, 0.1) is 0 Å². The van der Waals surface area contributed by atoms with Crippen molar-refractivity contribution >= 4 is 23.2 Å². The monoisotopic (exact) mass is 259 g/mol.